The van der Waals surface area contributed by atoms with Gasteiger partial charge in [-0.3, -0.25) is 4.79 Å². The number of likely N-dealkylation sites (tertiary alicyclic amines) is 1. The highest BCUT2D eigenvalue weighted by Gasteiger charge is 2.17. The molecule has 0 aromatic carbocycles. The third-order valence-corrected chi connectivity index (χ3v) is 3.74. The molecule has 1 aliphatic rings. The second kappa shape index (κ2) is 6.56. The molecule has 1 aliphatic heterocycles. The smallest absolute Gasteiger partial charge is 0.276 e. The Morgan fingerprint density at radius 3 is 3.21 bits per heavy atom. The van der Waals surface area contributed by atoms with Crippen molar-refractivity contribution in [2.75, 3.05) is 30.7 Å². The molecule has 1 saturated heterocycles. The number of nitrogens with one attached hydrogen (secondary N) is 2. The summed E-state index contributed by atoms with van der Waals surface area (Å²) >= 11 is 0. The lowest BCUT2D eigenvalue weighted by Crippen LogP contribution is -2.38. The van der Waals surface area contributed by atoms with E-state index < -0.39 is 0 Å². The number of nitrogens with zero attached hydrogens (tertiary/aromatic N) is 2. The molecule has 0 radical (unpaired) electrons. The first-order valence-corrected chi connectivity index (χ1v) is 6.99. The third kappa shape index (κ3) is 3.70. The van der Waals surface area contributed by atoms with Crippen LogP contribution in [0.4, 0.5) is 11.5 Å². The van der Waals surface area contributed by atoms with Crippen LogP contribution >= 0.6 is 0 Å². The molecule has 2 heterocycles. The zero-order valence-electron chi connectivity index (χ0n) is 11.5. The predicted octanol–water partition coefficient (Wildman–Crippen LogP) is 1.03. The molecule has 1 fully saturated rings. The van der Waals surface area contributed by atoms with Gasteiger partial charge in [-0.05, 0) is 32.7 Å². The molecule has 1 aromatic rings. The van der Waals surface area contributed by atoms with Crippen molar-refractivity contribution < 1.29 is 0 Å². The minimum absolute atomic E-state index is 0.161. The molecule has 1 atom stereocenters. The average molecular weight is 265 g/mol. The van der Waals surface area contributed by atoms with Crippen molar-refractivity contribution in [3.05, 3.63) is 16.7 Å². The van der Waals surface area contributed by atoms with Crippen LogP contribution in [0.2, 0.25) is 0 Å². The number of aromatic nitrogens is 2. The number of anilines is 2. The van der Waals surface area contributed by atoms with Gasteiger partial charge in [0.1, 0.15) is 5.69 Å². The first-order chi connectivity index (χ1) is 9.18. The zero-order chi connectivity index (χ0) is 13.7. The summed E-state index contributed by atoms with van der Waals surface area (Å²) in [6.07, 6.45) is 6.35. The summed E-state index contributed by atoms with van der Waals surface area (Å²) in [6.45, 7) is 5.36. The van der Waals surface area contributed by atoms with Crippen LogP contribution < -0.4 is 16.6 Å². The minimum atomic E-state index is -0.290. The maximum atomic E-state index is 11.3. The fourth-order valence-electron chi connectivity index (χ4n) is 2.53. The Morgan fingerprint density at radius 1 is 1.58 bits per heavy atom. The van der Waals surface area contributed by atoms with Gasteiger partial charge in [-0.2, -0.15) is 0 Å². The summed E-state index contributed by atoms with van der Waals surface area (Å²) < 4.78 is 0. The van der Waals surface area contributed by atoms with Gasteiger partial charge < -0.3 is 20.9 Å². The van der Waals surface area contributed by atoms with E-state index in [1.807, 2.05) is 0 Å². The van der Waals surface area contributed by atoms with Gasteiger partial charge in [-0.1, -0.05) is 6.42 Å². The molecule has 6 nitrogen and oxygen atoms in total. The number of H-pyrrole nitrogens is 1. The van der Waals surface area contributed by atoms with Crippen molar-refractivity contribution in [3.8, 4) is 0 Å². The van der Waals surface area contributed by atoms with Crippen molar-refractivity contribution in [1.29, 1.82) is 0 Å². The Morgan fingerprint density at radius 2 is 2.42 bits per heavy atom. The van der Waals surface area contributed by atoms with E-state index in [9.17, 15) is 4.79 Å². The van der Waals surface area contributed by atoms with Crippen LogP contribution in [-0.4, -0.2) is 40.5 Å². The number of rotatable bonds is 5. The van der Waals surface area contributed by atoms with Gasteiger partial charge >= 0.3 is 0 Å². The van der Waals surface area contributed by atoms with Crippen LogP contribution in [0.3, 0.4) is 0 Å². The number of hydrogen-bond donors (Lipinski definition) is 3. The van der Waals surface area contributed by atoms with Gasteiger partial charge in [0.05, 0.1) is 6.33 Å². The van der Waals surface area contributed by atoms with Crippen LogP contribution in [0.5, 0.6) is 0 Å². The summed E-state index contributed by atoms with van der Waals surface area (Å²) in [6, 6.07) is 0.691. The first kappa shape index (κ1) is 13.9. The maximum Gasteiger partial charge on any atom is 0.276 e. The number of nitrogens with two attached hydrogens (primary N) is 1. The number of nitrogen functional groups attached to an aromatic ring is 1. The van der Waals surface area contributed by atoms with Gasteiger partial charge in [0.25, 0.3) is 5.56 Å². The second-order valence-electron chi connectivity index (χ2n) is 5.16. The molecule has 0 spiro atoms. The maximum absolute atomic E-state index is 11.3. The fourth-order valence-corrected chi connectivity index (χ4v) is 2.53. The molecule has 0 amide bonds. The van der Waals surface area contributed by atoms with Gasteiger partial charge in [-0.25, -0.2) is 4.98 Å². The van der Waals surface area contributed by atoms with Crippen LogP contribution in [-0.2, 0) is 0 Å². The van der Waals surface area contributed by atoms with Crippen molar-refractivity contribution in [2.24, 2.45) is 0 Å². The Bertz CT molecular complexity index is 459. The molecular weight excluding hydrogens is 242 g/mol. The summed E-state index contributed by atoms with van der Waals surface area (Å²) in [4.78, 5) is 20.3. The molecule has 1 unspecified atom stereocenters. The lowest BCUT2D eigenvalue weighted by Gasteiger charge is -2.33. The van der Waals surface area contributed by atoms with Crippen molar-refractivity contribution in [2.45, 2.75) is 38.6 Å². The number of hydrogen-bond acceptors (Lipinski definition) is 5. The van der Waals surface area contributed by atoms with Crippen LogP contribution in [0.15, 0.2) is 11.1 Å². The highest BCUT2D eigenvalue weighted by Crippen LogP contribution is 2.16. The molecule has 0 aliphatic carbocycles. The lowest BCUT2D eigenvalue weighted by molar-refractivity contribution is 0.160. The Hall–Kier alpha value is -1.56. The highest BCUT2D eigenvalue weighted by atomic mass is 16.1. The highest BCUT2D eigenvalue weighted by molar-refractivity contribution is 5.58. The van der Waals surface area contributed by atoms with E-state index in [1.165, 1.54) is 32.1 Å². The monoisotopic (exact) mass is 265 g/mol. The summed E-state index contributed by atoms with van der Waals surface area (Å²) in [7, 11) is 0. The van der Waals surface area contributed by atoms with Crippen molar-refractivity contribution in [1.82, 2.24) is 14.9 Å². The minimum Gasteiger partial charge on any atom is -0.391 e. The molecule has 6 heteroatoms. The Kier molecular flexibility index (Phi) is 4.79. The second-order valence-corrected chi connectivity index (χ2v) is 5.16. The molecule has 19 heavy (non-hydrogen) atoms. The largest absolute Gasteiger partial charge is 0.391 e. The van der Waals surface area contributed by atoms with E-state index in [0.29, 0.717) is 11.9 Å². The molecular formula is C13H23N5O. The average Bonchev–Trinajstić information content (AvgIpc) is 2.41. The van der Waals surface area contributed by atoms with Crippen molar-refractivity contribution in [3.63, 3.8) is 0 Å². The van der Waals surface area contributed by atoms with Crippen LogP contribution in [0.1, 0.15) is 32.6 Å². The normalized spacial score (nSPS) is 20.4. The van der Waals surface area contributed by atoms with Crippen LogP contribution in [0, 0.1) is 0 Å². The summed E-state index contributed by atoms with van der Waals surface area (Å²) in [5.74, 6) is 0.482. The Balaban J connectivity index is 1.74. The molecule has 0 bridgehead atoms. The molecule has 4 N–H and O–H groups in total. The van der Waals surface area contributed by atoms with Gasteiger partial charge in [0, 0.05) is 19.1 Å². The van der Waals surface area contributed by atoms with E-state index in [1.54, 1.807) is 0 Å². The molecule has 0 saturated carbocycles. The van der Waals surface area contributed by atoms with Gasteiger partial charge in [-0.15, -0.1) is 0 Å². The molecule has 2 rings (SSSR count). The van der Waals surface area contributed by atoms with Gasteiger partial charge in [0.15, 0.2) is 5.82 Å². The SMILES string of the molecule is CC1CCCCN1CCCNc1nc[nH]c(=O)c1N. The summed E-state index contributed by atoms with van der Waals surface area (Å²) in [5, 5.41) is 3.13. The predicted molar refractivity (Wildman–Crippen MR) is 77.3 cm³/mol. The molecule has 106 valence electrons. The topological polar surface area (TPSA) is 87.0 Å². The number of piperidine rings is 1. The van der Waals surface area contributed by atoms with Gasteiger partial charge in [0.2, 0.25) is 0 Å². The van der Waals surface area contributed by atoms with E-state index in [-0.39, 0.29) is 11.2 Å². The van der Waals surface area contributed by atoms with E-state index >= 15 is 0 Å². The Labute approximate surface area is 113 Å². The standard InChI is InChI=1S/C13H23N5O/c1-10-5-2-3-7-18(10)8-4-6-15-12-11(14)13(19)17-9-16-12/h9-10H,2-8,14H2,1H3,(H2,15,16,17,19). The third-order valence-electron chi connectivity index (χ3n) is 3.74. The van der Waals surface area contributed by atoms with E-state index in [4.69, 9.17) is 5.73 Å². The zero-order valence-corrected chi connectivity index (χ0v) is 11.5. The molecule has 1 aromatic heterocycles. The first-order valence-electron chi connectivity index (χ1n) is 6.99. The summed E-state index contributed by atoms with van der Waals surface area (Å²) in [5.41, 5.74) is 5.52. The number of aromatic amines is 1. The van der Waals surface area contributed by atoms with Crippen LogP contribution in [0.25, 0.3) is 0 Å². The lowest BCUT2D eigenvalue weighted by atomic mass is 10.0. The quantitative estimate of drug-likeness (QED) is 0.692. The van der Waals surface area contributed by atoms with Crippen molar-refractivity contribution >= 4 is 11.5 Å². The fraction of sp³-hybridized carbons (Fsp3) is 0.692. The van der Waals surface area contributed by atoms with E-state index in [0.717, 1.165) is 19.5 Å². The van der Waals surface area contributed by atoms with E-state index in [2.05, 4.69) is 27.1 Å².